The minimum Gasteiger partial charge on any atom is -0.322 e. The van der Waals surface area contributed by atoms with Crippen molar-refractivity contribution >= 4 is 35.0 Å². The van der Waals surface area contributed by atoms with Crippen molar-refractivity contribution in [2.75, 3.05) is 16.0 Å². The zero-order valence-electron chi connectivity index (χ0n) is 17.4. The van der Waals surface area contributed by atoms with Crippen LogP contribution in [0.3, 0.4) is 0 Å². The minimum absolute atomic E-state index is 0.0610. The Morgan fingerprint density at radius 3 is 2.61 bits per heavy atom. The maximum Gasteiger partial charge on any atom is 0.255 e. The molecular weight excluding hydrogens is 411 g/mol. The summed E-state index contributed by atoms with van der Waals surface area (Å²) in [7, 11) is 0. The summed E-state index contributed by atoms with van der Waals surface area (Å²) in [6.07, 6.45) is 0.920. The van der Waals surface area contributed by atoms with Gasteiger partial charge in [-0.2, -0.15) is 0 Å². The third kappa shape index (κ3) is 4.35. The van der Waals surface area contributed by atoms with Crippen LogP contribution in [0.4, 0.5) is 15.8 Å². The number of rotatable bonds is 5. The van der Waals surface area contributed by atoms with Crippen LogP contribution in [0.5, 0.6) is 0 Å². The van der Waals surface area contributed by atoms with E-state index in [1.54, 1.807) is 24.0 Å². The molecule has 4 nitrogen and oxygen atoms in total. The van der Waals surface area contributed by atoms with Crippen molar-refractivity contribution in [2.24, 2.45) is 0 Å². The highest BCUT2D eigenvalue weighted by atomic mass is 32.2. The first-order valence-electron chi connectivity index (χ1n) is 10.2. The molecule has 2 amide bonds. The molecule has 0 aliphatic carbocycles. The van der Waals surface area contributed by atoms with E-state index >= 15 is 0 Å². The molecule has 1 aliphatic heterocycles. The molecule has 0 aromatic heterocycles. The Labute approximate surface area is 185 Å². The van der Waals surface area contributed by atoms with Crippen molar-refractivity contribution in [1.29, 1.82) is 0 Å². The van der Waals surface area contributed by atoms with Gasteiger partial charge in [-0.25, -0.2) is 4.39 Å². The highest BCUT2D eigenvalue weighted by molar-refractivity contribution is 8.00. The third-order valence-corrected chi connectivity index (χ3v) is 6.63. The zero-order chi connectivity index (χ0) is 22.0. The van der Waals surface area contributed by atoms with Crippen LogP contribution in [-0.2, 0) is 11.2 Å². The zero-order valence-corrected chi connectivity index (χ0v) is 18.2. The van der Waals surface area contributed by atoms with Gasteiger partial charge < -0.3 is 5.32 Å². The standard InChI is InChI=1S/C25H23FN2O2S/c1-3-17-10-12-18(13-11-17)24(30)27-20-7-4-6-19(14-20)25-28(23(29)15-31-25)22-9-5-8-21(26)16(22)2/h4-14,25H,3,15H2,1-2H3,(H,27,30)/t25-/m0/s1. The van der Waals surface area contributed by atoms with E-state index in [0.717, 1.165) is 12.0 Å². The molecule has 3 aromatic rings. The second-order valence-electron chi connectivity index (χ2n) is 7.44. The number of halogens is 1. The molecule has 0 saturated carbocycles. The van der Waals surface area contributed by atoms with E-state index in [-0.39, 0.29) is 23.0 Å². The molecular formula is C25H23FN2O2S. The average molecular weight is 435 g/mol. The van der Waals surface area contributed by atoms with E-state index in [4.69, 9.17) is 0 Å². The Balaban J connectivity index is 1.58. The van der Waals surface area contributed by atoms with Crippen molar-refractivity contribution < 1.29 is 14.0 Å². The van der Waals surface area contributed by atoms with Gasteiger partial charge in [-0.15, -0.1) is 11.8 Å². The van der Waals surface area contributed by atoms with E-state index in [9.17, 15) is 14.0 Å². The maximum absolute atomic E-state index is 14.1. The summed E-state index contributed by atoms with van der Waals surface area (Å²) < 4.78 is 14.1. The molecule has 1 heterocycles. The Hall–Kier alpha value is -3.12. The van der Waals surface area contributed by atoms with Crippen LogP contribution < -0.4 is 10.2 Å². The van der Waals surface area contributed by atoms with Crippen molar-refractivity contribution in [3.63, 3.8) is 0 Å². The first kappa shape index (κ1) is 21.1. The predicted octanol–water partition coefficient (Wildman–Crippen LogP) is 5.73. The number of carbonyl (C=O) groups is 2. The van der Waals surface area contributed by atoms with Gasteiger partial charge in [0.25, 0.3) is 5.91 Å². The van der Waals surface area contributed by atoms with Gasteiger partial charge in [-0.1, -0.05) is 37.3 Å². The topological polar surface area (TPSA) is 49.4 Å². The molecule has 1 fully saturated rings. The molecule has 1 aliphatic rings. The largest absolute Gasteiger partial charge is 0.322 e. The molecule has 6 heteroatoms. The highest BCUT2D eigenvalue weighted by Crippen LogP contribution is 2.43. The number of hydrogen-bond donors (Lipinski definition) is 1. The number of thioether (sulfide) groups is 1. The summed E-state index contributed by atoms with van der Waals surface area (Å²) in [5.74, 6) is -0.265. The summed E-state index contributed by atoms with van der Waals surface area (Å²) >= 11 is 1.49. The Morgan fingerprint density at radius 2 is 1.87 bits per heavy atom. The molecule has 1 saturated heterocycles. The smallest absolute Gasteiger partial charge is 0.255 e. The van der Waals surface area contributed by atoms with Crippen molar-refractivity contribution in [3.05, 3.63) is 94.8 Å². The molecule has 1 atom stereocenters. The van der Waals surface area contributed by atoms with E-state index in [1.807, 2.05) is 48.5 Å². The third-order valence-electron chi connectivity index (χ3n) is 5.42. The van der Waals surface area contributed by atoms with Gasteiger partial charge in [0, 0.05) is 16.8 Å². The number of carbonyl (C=O) groups excluding carboxylic acids is 2. The van der Waals surface area contributed by atoms with Crippen molar-refractivity contribution in [3.8, 4) is 0 Å². The second kappa shape index (κ2) is 8.94. The van der Waals surface area contributed by atoms with E-state index in [1.165, 1.54) is 23.4 Å². The Morgan fingerprint density at radius 1 is 1.13 bits per heavy atom. The maximum atomic E-state index is 14.1. The summed E-state index contributed by atoms with van der Waals surface area (Å²) in [6.45, 7) is 3.75. The lowest BCUT2D eigenvalue weighted by atomic mass is 10.1. The van der Waals surface area contributed by atoms with Gasteiger partial charge in [-0.3, -0.25) is 14.5 Å². The highest BCUT2D eigenvalue weighted by Gasteiger charge is 2.35. The average Bonchev–Trinajstić information content (AvgIpc) is 3.17. The van der Waals surface area contributed by atoms with Gasteiger partial charge in [-0.05, 0) is 60.9 Å². The lowest BCUT2D eigenvalue weighted by Crippen LogP contribution is -2.28. The van der Waals surface area contributed by atoms with Crippen LogP contribution in [0.25, 0.3) is 0 Å². The number of nitrogens with zero attached hydrogens (tertiary/aromatic N) is 1. The summed E-state index contributed by atoms with van der Waals surface area (Å²) in [5.41, 5.74) is 4.31. The molecule has 158 valence electrons. The molecule has 0 radical (unpaired) electrons. The monoisotopic (exact) mass is 434 g/mol. The molecule has 0 spiro atoms. The molecule has 1 N–H and O–H groups in total. The number of aryl methyl sites for hydroxylation is 1. The fourth-order valence-electron chi connectivity index (χ4n) is 3.65. The molecule has 0 unspecified atom stereocenters. The predicted molar refractivity (Wildman–Crippen MR) is 124 cm³/mol. The first-order chi connectivity index (χ1) is 15.0. The van der Waals surface area contributed by atoms with Crippen LogP contribution in [0, 0.1) is 12.7 Å². The van der Waals surface area contributed by atoms with Gasteiger partial charge in [0.05, 0.1) is 11.4 Å². The van der Waals surface area contributed by atoms with E-state index in [2.05, 4.69) is 12.2 Å². The number of amides is 2. The fraction of sp³-hybridized carbons (Fsp3) is 0.200. The Kier molecular flexibility index (Phi) is 6.09. The first-order valence-corrected chi connectivity index (χ1v) is 11.2. The summed E-state index contributed by atoms with van der Waals surface area (Å²) in [6, 6.07) is 19.8. The Bertz CT molecular complexity index is 1130. The van der Waals surface area contributed by atoms with Crippen molar-refractivity contribution in [1.82, 2.24) is 0 Å². The number of benzene rings is 3. The molecule has 31 heavy (non-hydrogen) atoms. The lowest BCUT2D eigenvalue weighted by Gasteiger charge is -2.26. The van der Waals surface area contributed by atoms with Crippen LogP contribution in [0.2, 0.25) is 0 Å². The fourth-order valence-corrected chi connectivity index (χ4v) is 4.81. The SMILES string of the molecule is CCc1ccc(C(=O)Nc2cccc([C@@H]3SCC(=O)N3c3cccc(F)c3C)c2)cc1. The van der Waals surface area contributed by atoms with E-state index < -0.39 is 0 Å². The van der Waals surface area contributed by atoms with E-state index in [0.29, 0.717) is 28.3 Å². The number of nitrogens with one attached hydrogen (secondary N) is 1. The number of anilines is 2. The lowest BCUT2D eigenvalue weighted by molar-refractivity contribution is -0.115. The van der Waals surface area contributed by atoms with Gasteiger partial charge >= 0.3 is 0 Å². The van der Waals surface area contributed by atoms with Gasteiger partial charge in [0.15, 0.2) is 0 Å². The number of hydrogen-bond acceptors (Lipinski definition) is 3. The van der Waals surface area contributed by atoms with Crippen molar-refractivity contribution in [2.45, 2.75) is 25.6 Å². The minimum atomic E-state index is -0.337. The van der Waals surface area contributed by atoms with Crippen LogP contribution in [-0.4, -0.2) is 17.6 Å². The molecule has 3 aromatic carbocycles. The summed E-state index contributed by atoms with van der Waals surface area (Å²) in [4.78, 5) is 26.9. The quantitative estimate of drug-likeness (QED) is 0.558. The van der Waals surface area contributed by atoms with Gasteiger partial charge in [0.2, 0.25) is 5.91 Å². The second-order valence-corrected chi connectivity index (χ2v) is 8.51. The van der Waals surface area contributed by atoms with Crippen LogP contribution in [0.1, 0.15) is 39.3 Å². The molecule has 0 bridgehead atoms. The van der Waals surface area contributed by atoms with Gasteiger partial charge in [0.1, 0.15) is 11.2 Å². The molecule has 4 rings (SSSR count). The summed E-state index contributed by atoms with van der Waals surface area (Å²) in [5, 5.41) is 2.65. The van der Waals surface area contributed by atoms with Crippen LogP contribution >= 0.6 is 11.8 Å². The van der Waals surface area contributed by atoms with Crippen LogP contribution in [0.15, 0.2) is 66.7 Å². The normalized spacial score (nSPS) is 15.9.